The molecule has 3 aromatic carbocycles. The number of nitrogens with one attached hydrogen (secondary N) is 2. The van der Waals surface area contributed by atoms with E-state index in [-0.39, 0.29) is 5.91 Å². The van der Waals surface area contributed by atoms with E-state index < -0.39 is 0 Å². The van der Waals surface area contributed by atoms with E-state index in [0.717, 1.165) is 23.4 Å². The predicted octanol–water partition coefficient (Wildman–Crippen LogP) is 6.38. The van der Waals surface area contributed by atoms with Gasteiger partial charge < -0.3 is 10.6 Å². The molecular weight excluding hydrogens is 368 g/mol. The summed E-state index contributed by atoms with van der Waals surface area (Å²) in [7, 11) is 0. The molecule has 0 bridgehead atoms. The van der Waals surface area contributed by atoms with Gasteiger partial charge in [-0.05, 0) is 72.7 Å². The highest BCUT2D eigenvalue weighted by molar-refractivity contribution is 6.05. The first kappa shape index (κ1) is 18.7. The Bertz CT molecular complexity index is 1150. The zero-order chi connectivity index (χ0) is 20.7. The molecule has 5 rings (SSSR count). The molecule has 0 saturated carbocycles. The van der Waals surface area contributed by atoms with Gasteiger partial charge in [0, 0.05) is 22.9 Å². The van der Waals surface area contributed by atoms with Gasteiger partial charge >= 0.3 is 0 Å². The Kier molecular flexibility index (Phi) is 4.66. The highest BCUT2D eigenvalue weighted by Crippen LogP contribution is 2.50. The van der Waals surface area contributed by atoms with Crippen molar-refractivity contribution in [2.45, 2.75) is 32.2 Å². The molecule has 150 valence electrons. The fraction of sp³-hybridized carbons (Fsp3) is 0.222. The van der Waals surface area contributed by atoms with E-state index >= 15 is 0 Å². The third kappa shape index (κ3) is 3.21. The van der Waals surface area contributed by atoms with Crippen molar-refractivity contribution in [2.24, 2.45) is 5.92 Å². The third-order valence-electron chi connectivity index (χ3n) is 6.53. The molecule has 3 unspecified atom stereocenters. The third-order valence-corrected chi connectivity index (χ3v) is 6.53. The topological polar surface area (TPSA) is 41.1 Å². The molecule has 1 aliphatic carbocycles. The lowest BCUT2D eigenvalue weighted by Gasteiger charge is -2.38. The molecule has 3 nitrogen and oxygen atoms in total. The van der Waals surface area contributed by atoms with Crippen LogP contribution in [0.15, 0.2) is 78.9 Å². The van der Waals surface area contributed by atoms with Gasteiger partial charge in [0.05, 0.1) is 6.04 Å². The summed E-state index contributed by atoms with van der Waals surface area (Å²) >= 11 is 0. The Hall–Kier alpha value is -3.33. The van der Waals surface area contributed by atoms with Gasteiger partial charge in [0.2, 0.25) is 0 Å². The van der Waals surface area contributed by atoms with E-state index in [2.05, 4.69) is 66.1 Å². The average molecular weight is 395 g/mol. The number of aryl methyl sites for hydroxylation is 2. The van der Waals surface area contributed by atoms with Crippen LogP contribution in [0.3, 0.4) is 0 Å². The monoisotopic (exact) mass is 394 g/mol. The molecule has 1 amide bonds. The van der Waals surface area contributed by atoms with Crippen LogP contribution in [0.25, 0.3) is 0 Å². The van der Waals surface area contributed by atoms with Gasteiger partial charge in [0.1, 0.15) is 0 Å². The van der Waals surface area contributed by atoms with E-state index in [0.29, 0.717) is 23.4 Å². The smallest absolute Gasteiger partial charge is 0.255 e. The van der Waals surface area contributed by atoms with Crippen molar-refractivity contribution in [1.29, 1.82) is 0 Å². The summed E-state index contributed by atoms with van der Waals surface area (Å²) in [5.74, 6) is 0.787. The van der Waals surface area contributed by atoms with E-state index in [1.54, 1.807) is 0 Å². The number of anilines is 2. The van der Waals surface area contributed by atoms with E-state index in [1.807, 2.05) is 37.3 Å². The number of allylic oxidation sites excluding steroid dienone is 2. The van der Waals surface area contributed by atoms with Crippen LogP contribution < -0.4 is 10.6 Å². The van der Waals surface area contributed by atoms with E-state index in [9.17, 15) is 4.79 Å². The Morgan fingerprint density at radius 1 is 0.933 bits per heavy atom. The first-order valence-corrected chi connectivity index (χ1v) is 10.6. The molecule has 2 N–H and O–H groups in total. The number of carbonyl (C=O) groups is 1. The molecule has 3 atom stereocenters. The van der Waals surface area contributed by atoms with Crippen molar-refractivity contribution in [2.75, 3.05) is 10.6 Å². The first-order valence-electron chi connectivity index (χ1n) is 10.6. The van der Waals surface area contributed by atoms with Crippen LogP contribution in [0.2, 0.25) is 0 Å². The number of hydrogen-bond donors (Lipinski definition) is 2. The van der Waals surface area contributed by atoms with Gasteiger partial charge in [-0.15, -0.1) is 0 Å². The minimum absolute atomic E-state index is 0.0619. The van der Waals surface area contributed by atoms with Crippen LogP contribution in [-0.2, 0) is 0 Å². The van der Waals surface area contributed by atoms with Crippen LogP contribution in [0.5, 0.6) is 0 Å². The number of benzene rings is 3. The molecule has 3 aromatic rings. The van der Waals surface area contributed by atoms with Crippen LogP contribution in [0.4, 0.5) is 11.4 Å². The van der Waals surface area contributed by atoms with Crippen LogP contribution >= 0.6 is 0 Å². The summed E-state index contributed by atoms with van der Waals surface area (Å²) in [6.07, 6.45) is 5.70. The average Bonchev–Trinajstić information content (AvgIpc) is 3.24. The molecule has 2 aliphatic rings. The molecule has 30 heavy (non-hydrogen) atoms. The summed E-state index contributed by atoms with van der Waals surface area (Å²) in [6.45, 7) is 4.15. The second-order valence-electron chi connectivity index (χ2n) is 8.40. The summed E-state index contributed by atoms with van der Waals surface area (Å²) in [5.41, 5.74) is 7.66. The number of amides is 1. The largest absolute Gasteiger partial charge is 0.378 e. The lowest BCUT2D eigenvalue weighted by atomic mass is 9.76. The zero-order valence-corrected chi connectivity index (χ0v) is 17.4. The Morgan fingerprint density at radius 3 is 2.50 bits per heavy atom. The molecular formula is C27H26N2O. The van der Waals surface area contributed by atoms with Gasteiger partial charge in [0.15, 0.2) is 0 Å². The lowest BCUT2D eigenvalue weighted by Crippen LogP contribution is -2.29. The molecule has 3 heteroatoms. The number of fused-ring (bicyclic) bond motifs is 3. The normalized spacial score (nSPS) is 21.5. The standard InChI is InChI=1S/C27H26N2O/c1-17-8-3-5-10-20(17)26-23-13-7-12-22(23)24-16-19(14-15-25(24)29-26)28-27(30)21-11-6-4-9-18(21)2/h3-12,14-16,22-23,26,29H,13H2,1-2H3,(H,28,30). The maximum atomic E-state index is 12.8. The molecule has 0 saturated heterocycles. The van der Waals surface area contributed by atoms with Gasteiger partial charge in [0.25, 0.3) is 5.91 Å². The summed E-state index contributed by atoms with van der Waals surface area (Å²) < 4.78 is 0. The molecule has 0 spiro atoms. The number of hydrogen-bond acceptors (Lipinski definition) is 2. The zero-order valence-electron chi connectivity index (χ0n) is 17.4. The molecule has 0 radical (unpaired) electrons. The van der Waals surface area contributed by atoms with Crippen LogP contribution in [0, 0.1) is 19.8 Å². The van der Waals surface area contributed by atoms with Gasteiger partial charge in [-0.3, -0.25) is 4.79 Å². The van der Waals surface area contributed by atoms with Gasteiger partial charge in [-0.1, -0.05) is 54.6 Å². The van der Waals surface area contributed by atoms with Crippen molar-refractivity contribution in [3.63, 3.8) is 0 Å². The Balaban J connectivity index is 1.46. The maximum Gasteiger partial charge on any atom is 0.255 e. The second kappa shape index (κ2) is 7.49. The highest BCUT2D eigenvalue weighted by Gasteiger charge is 2.38. The van der Waals surface area contributed by atoms with E-state index in [4.69, 9.17) is 0 Å². The summed E-state index contributed by atoms with van der Waals surface area (Å²) in [5, 5.41) is 6.88. The minimum Gasteiger partial charge on any atom is -0.378 e. The number of carbonyl (C=O) groups excluding carboxylic acids is 1. The van der Waals surface area contributed by atoms with Gasteiger partial charge in [-0.25, -0.2) is 0 Å². The number of rotatable bonds is 3. The van der Waals surface area contributed by atoms with Crippen molar-refractivity contribution in [1.82, 2.24) is 0 Å². The van der Waals surface area contributed by atoms with Crippen molar-refractivity contribution < 1.29 is 4.79 Å². The molecule has 0 aromatic heterocycles. The summed E-state index contributed by atoms with van der Waals surface area (Å²) in [4.78, 5) is 12.8. The Morgan fingerprint density at radius 2 is 1.70 bits per heavy atom. The van der Waals surface area contributed by atoms with Crippen molar-refractivity contribution in [3.05, 3.63) is 107 Å². The maximum absolute atomic E-state index is 12.8. The van der Waals surface area contributed by atoms with Crippen LogP contribution in [-0.4, -0.2) is 5.91 Å². The first-order chi connectivity index (χ1) is 14.6. The SMILES string of the molecule is Cc1ccccc1C(=O)Nc1ccc2c(c1)C1C=CCC1C(c1ccccc1C)N2. The second-order valence-corrected chi connectivity index (χ2v) is 8.40. The van der Waals surface area contributed by atoms with Crippen molar-refractivity contribution >= 4 is 17.3 Å². The lowest BCUT2D eigenvalue weighted by molar-refractivity contribution is 0.102. The molecule has 1 aliphatic heterocycles. The minimum atomic E-state index is -0.0619. The fourth-order valence-corrected chi connectivity index (χ4v) is 4.94. The fourth-order valence-electron chi connectivity index (χ4n) is 4.94. The molecule has 0 fully saturated rings. The van der Waals surface area contributed by atoms with E-state index in [1.165, 1.54) is 16.7 Å². The Labute approximate surface area is 177 Å². The molecule has 1 heterocycles. The predicted molar refractivity (Wildman–Crippen MR) is 123 cm³/mol. The highest BCUT2D eigenvalue weighted by atomic mass is 16.1. The van der Waals surface area contributed by atoms with Gasteiger partial charge in [-0.2, -0.15) is 0 Å². The van der Waals surface area contributed by atoms with Crippen molar-refractivity contribution in [3.8, 4) is 0 Å². The summed E-state index contributed by atoms with van der Waals surface area (Å²) in [6, 6.07) is 22.9. The van der Waals surface area contributed by atoms with Crippen LogP contribution in [0.1, 0.15) is 51.0 Å². The quantitative estimate of drug-likeness (QED) is 0.506.